The second-order valence-corrected chi connectivity index (χ2v) is 8.08. The summed E-state index contributed by atoms with van der Waals surface area (Å²) in [4.78, 5) is 4.90. The van der Waals surface area contributed by atoms with Gasteiger partial charge in [-0.3, -0.25) is 4.90 Å². The Morgan fingerprint density at radius 1 is 1.07 bits per heavy atom. The topological polar surface area (TPSA) is 68.5 Å². The van der Waals surface area contributed by atoms with Crippen LogP contribution in [0.3, 0.4) is 0 Å². The van der Waals surface area contributed by atoms with E-state index in [9.17, 15) is 0 Å². The Labute approximate surface area is 167 Å². The molecule has 3 rings (SSSR count). The standard InChI is InChI=1S/C20H32N6O2/c1-7-24-11-13-25(14-12-24)17(19-21-22-23-26(19)20(2,3)4)15-9-8-10-16(27-5)18(15)28-6/h8-10,17H,7,11-14H2,1-6H3/t17-/m0/s1. The van der Waals surface area contributed by atoms with E-state index in [1.807, 2.05) is 16.8 Å². The van der Waals surface area contributed by atoms with Gasteiger partial charge in [-0.2, -0.15) is 0 Å². The first kappa shape index (κ1) is 20.5. The molecule has 0 radical (unpaired) electrons. The first-order valence-corrected chi connectivity index (χ1v) is 9.86. The average Bonchev–Trinajstić information content (AvgIpc) is 3.18. The van der Waals surface area contributed by atoms with Crippen LogP contribution < -0.4 is 9.47 Å². The van der Waals surface area contributed by atoms with Gasteiger partial charge < -0.3 is 14.4 Å². The summed E-state index contributed by atoms with van der Waals surface area (Å²) in [6, 6.07) is 5.89. The largest absolute Gasteiger partial charge is 0.493 e. The lowest BCUT2D eigenvalue weighted by Gasteiger charge is -2.39. The zero-order chi connectivity index (χ0) is 20.3. The Hall–Kier alpha value is -2.19. The van der Waals surface area contributed by atoms with E-state index in [1.165, 1.54) is 0 Å². The van der Waals surface area contributed by atoms with Gasteiger partial charge in [0, 0.05) is 31.7 Å². The van der Waals surface area contributed by atoms with Crippen molar-refractivity contribution in [1.29, 1.82) is 0 Å². The van der Waals surface area contributed by atoms with Gasteiger partial charge in [-0.05, 0) is 43.8 Å². The van der Waals surface area contributed by atoms with E-state index in [1.54, 1.807) is 14.2 Å². The van der Waals surface area contributed by atoms with Crippen molar-refractivity contribution in [2.45, 2.75) is 39.3 Å². The molecule has 0 N–H and O–H groups in total. The molecule has 1 saturated heterocycles. The number of tetrazole rings is 1. The van der Waals surface area contributed by atoms with Gasteiger partial charge in [-0.15, -0.1) is 5.10 Å². The maximum Gasteiger partial charge on any atom is 0.173 e. The number of likely N-dealkylation sites (N-methyl/N-ethyl adjacent to an activating group) is 1. The number of para-hydroxylation sites is 1. The number of rotatable bonds is 6. The van der Waals surface area contributed by atoms with Crippen LogP contribution in [-0.4, -0.2) is 77.0 Å². The Balaban J connectivity index is 2.11. The molecule has 1 aliphatic heterocycles. The normalized spacial score (nSPS) is 17.5. The van der Waals surface area contributed by atoms with Crippen LogP contribution in [-0.2, 0) is 5.54 Å². The molecule has 154 valence electrons. The minimum atomic E-state index is -0.228. The first-order chi connectivity index (χ1) is 13.4. The number of hydrogen-bond acceptors (Lipinski definition) is 7. The summed E-state index contributed by atoms with van der Waals surface area (Å²) in [5.74, 6) is 2.27. The number of ether oxygens (including phenoxy) is 2. The molecule has 8 nitrogen and oxygen atoms in total. The van der Waals surface area contributed by atoms with Gasteiger partial charge in [-0.1, -0.05) is 19.1 Å². The quantitative estimate of drug-likeness (QED) is 0.751. The molecule has 0 bridgehead atoms. The predicted octanol–water partition coefficient (Wildman–Crippen LogP) is 2.17. The van der Waals surface area contributed by atoms with Crippen LogP contribution in [0.5, 0.6) is 11.5 Å². The van der Waals surface area contributed by atoms with E-state index in [0.717, 1.165) is 49.9 Å². The zero-order valence-electron chi connectivity index (χ0n) is 17.8. The molecule has 2 heterocycles. The van der Waals surface area contributed by atoms with Crippen molar-refractivity contribution in [2.24, 2.45) is 0 Å². The molecule has 8 heteroatoms. The fraction of sp³-hybridized carbons (Fsp3) is 0.650. The fourth-order valence-electron chi connectivity index (χ4n) is 3.81. The summed E-state index contributed by atoms with van der Waals surface area (Å²) in [7, 11) is 3.34. The highest BCUT2D eigenvalue weighted by Crippen LogP contribution is 2.40. The number of piperazine rings is 1. The van der Waals surface area contributed by atoms with Crippen LogP contribution >= 0.6 is 0 Å². The molecule has 1 atom stereocenters. The molecule has 2 aromatic rings. The van der Waals surface area contributed by atoms with Crippen molar-refractivity contribution in [1.82, 2.24) is 30.0 Å². The highest BCUT2D eigenvalue weighted by atomic mass is 16.5. The summed E-state index contributed by atoms with van der Waals surface area (Å²) in [5.41, 5.74) is 0.793. The van der Waals surface area contributed by atoms with Crippen LogP contribution in [0.15, 0.2) is 18.2 Å². The second kappa shape index (κ2) is 8.45. The number of nitrogens with zero attached hydrogens (tertiary/aromatic N) is 6. The van der Waals surface area contributed by atoms with Gasteiger partial charge in [0.05, 0.1) is 19.8 Å². The maximum absolute atomic E-state index is 5.77. The lowest BCUT2D eigenvalue weighted by atomic mass is 10.00. The van der Waals surface area contributed by atoms with Crippen molar-refractivity contribution in [2.75, 3.05) is 46.9 Å². The molecule has 0 unspecified atom stereocenters. The summed E-state index contributed by atoms with van der Waals surface area (Å²) < 4.78 is 13.2. The van der Waals surface area contributed by atoms with Gasteiger partial charge in [0.15, 0.2) is 17.3 Å². The molecule has 1 fully saturated rings. The lowest BCUT2D eigenvalue weighted by molar-refractivity contribution is 0.105. The monoisotopic (exact) mass is 388 g/mol. The van der Waals surface area contributed by atoms with Crippen LogP contribution in [0.25, 0.3) is 0 Å². The summed E-state index contributed by atoms with van der Waals surface area (Å²) in [6.07, 6.45) is 0. The first-order valence-electron chi connectivity index (χ1n) is 9.86. The van der Waals surface area contributed by atoms with Gasteiger partial charge in [0.2, 0.25) is 0 Å². The SMILES string of the molecule is CCN1CCN([C@@H](c2cccc(OC)c2OC)c2nnnn2C(C)(C)C)CC1. The van der Waals surface area contributed by atoms with Gasteiger partial charge in [-0.25, -0.2) is 4.68 Å². The van der Waals surface area contributed by atoms with Crippen molar-refractivity contribution < 1.29 is 9.47 Å². The molecular weight excluding hydrogens is 356 g/mol. The molecular formula is C20H32N6O2. The molecule has 28 heavy (non-hydrogen) atoms. The van der Waals surface area contributed by atoms with Crippen molar-refractivity contribution in [3.05, 3.63) is 29.6 Å². The lowest BCUT2D eigenvalue weighted by Crippen LogP contribution is -2.48. The summed E-state index contributed by atoms with van der Waals surface area (Å²) in [6.45, 7) is 13.5. The zero-order valence-corrected chi connectivity index (χ0v) is 17.8. The summed E-state index contributed by atoms with van der Waals surface area (Å²) >= 11 is 0. The number of hydrogen-bond donors (Lipinski definition) is 0. The Morgan fingerprint density at radius 2 is 1.79 bits per heavy atom. The minimum absolute atomic E-state index is 0.113. The van der Waals surface area contributed by atoms with E-state index in [-0.39, 0.29) is 11.6 Å². The number of benzene rings is 1. The van der Waals surface area contributed by atoms with Crippen molar-refractivity contribution in [3.8, 4) is 11.5 Å². The number of aromatic nitrogens is 4. The highest BCUT2D eigenvalue weighted by Gasteiger charge is 2.35. The van der Waals surface area contributed by atoms with E-state index >= 15 is 0 Å². The predicted molar refractivity (Wildman–Crippen MR) is 108 cm³/mol. The minimum Gasteiger partial charge on any atom is -0.493 e. The Bertz CT molecular complexity index is 777. The van der Waals surface area contributed by atoms with Crippen LogP contribution in [0, 0.1) is 0 Å². The van der Waals surface area contributed by atoms with E-state index in [0.29, 0.717) is 5.75 Å². The third kappa shape index (κ3) is 3.98. The molecule has 0 aliphatic carbocycles. The van der Waals surface area contributed by atoms with Gasteiger partial charge in [0.1, 0.15) is 6.04 Å². The Kier molecular flexibility index (Phi) is 6.20. The maximum atomic E-state index is 5.77. The summed E-state index contributed by atoms with van der Waals surface area (Å²) in [5, 5.41) is 12.8. The highest BCUT2D eigenvalue weighted by molar-refractivity contribution is 5.49. The van der Waals surface area contributed by atoms with Crippen LogP contribution in [0.2, 0.25) is 0 Å². The average molecular weight is 389 g/mol. The van der Waals surface area contributed by atoms with Crippen molar-refractivity contribution >= 4 is 0 Å². The molecule has 1 aromatic heterocycles. The van der Waals surface area contributed by atoms with Crippen LogP contribution in [0.1, 0.15) is 45.1 Å². The second-order valence-electron chi connectivity index (χ2n) is 8.08. The van der Waals surface area contributed by atoms with Crippen molar-refractivity contribution in [3.63, 3.8) is 0 Å². The molecule has 0 saturated carbocycles. The van der Waals surface area contributed by atoms with E-state index in [4.69, 9.17) is 9.47 Å². The molecule has 1 aromatic carbocycles. The van der Waals surface area contributed by atoms with E-state index < -0.39 is 0 Å². The number of methoxy groups -OCH3 is 2. The Morgan fingerprint density at radius 3 is 2.36 bits per heavy atom. The van der Waals surface area contributed by atoms with Crippen LogP contribution in [0.4, 0.5) is 0 Å². The van der Waals surface area contributed by atoms with E-state index in [2.05, 4.69) is 59.1 Å². The third-order valence-electron chi connectivity index (χ3n) is 5.32. The van der Waals surface area contributed by atoms with Gasteiger partial charge in [0.25, 0.3) is 0 Å². The molecule has 0 spiro atoms. The molecule has 1 aliphatic rings. The van der Waals surface area contributed by atoms with Gasteiger partial charge >= 0.3 is 0 Å². The third-order valence-corrected chi connectivity index (χ3v) is 5.32. The molecule has 0 amide bonds. The smallest absolute Gasteiger partial charge is 0.173 e. The fourth-order valence-corrected chi connectivity index (χ4v) is 3.81.